The van der Waals surface area contributed by atoms with Crippen LogP contribution in [0.15, 0.2) is 72.1 Å². The third-order valence-electron chi connectivity index (χ3n) is 6.45. The number of nitrogens with zero attached hydrogens (tertiary/aromatic N) is 3. The molecule has 1 fully saturated rings. The Balaban J connectivity index is 1.58. The van der Waals surface area contributed by atoms with Crippen molar-refractivity contribution < 1.29 is 19.0 Å². The van der Waals surface area contributed by atoms with Crippen molar-refractivity contribution in [2.45, 2.75) is 38.8 Å². The normalized spacial score (nSPS) is 15.0. The molecule has 7 nitrogen and oxygen atoms in total. The molecule has 0 saturated carbocycles. The lowest BCUT2D eigenvalue weighted by Gasteiger charge is -2.25. The summed E-state index contributed by atoms with van der Waals surface area (Å²) in [5.74, 6) is 1.77. The summed E-state index contributed by atoms with van der Waals surface area (Å²) >= 11 is 1.45. The lowest BCUT2D eigenvalue weighted by Crippen LogP contribution is -2.36. The molecule has 0 aliphatic carbocycles. The molecular weight excluding hydrogens is 486 g/mol. The van der Waals surface area contributed by atoms with Crippen LogP contribution in [0.2, 0.25) is 0 Å². The van der Waals surface area contributed by atoms with E-state index in [2.05, 4.69) is 6.92 Å². The van der Waals surface area contributed by atoms with Crippen molar-refractivity contribution in [3.63, 3.8) is 0 Å². The van der Waals surface area contributed by atoms with E-state index in [9.17, 15) is 4.79 Å². The van der Waals surface area contributed by atoms with Gasteiger partial charge in [0.05, 0.1) is 41.6 Å². The lowest BCUT2D eigenvalue weighted by atomic mass is 10.1. The monoisotopic (exact) mass is 517 g/mol. The summed E-state index contributed by atoms with van der Waals surface area (Å²) in [7, 11) is 1.62. The molecule has 4 aromatic rings. The van der Waals surface area contributed by atoms with Crippen molar-refractivity contribution in [3.8, 4) is 23.1 Å². The molecule has 0 spiro atoms. The van der Waals surface area contributed by atoms with Gasteiger partial charge in [-0.2, -0.15) is 5.10 Å². The molecule has 2 aromatic heterocycles. The minimum Gasteiger partial charge on any atom is -0.493 e. The largest absolute Gasteiger partial charge is 0.493 e. The molecular formula is C29H31N3O4S. The number of hydrogen-bond donors (Lipinski definition) is 0. The number of para-hydroxylation sites is 3. The second kappa shape index (κ2) is 11.6. The van der Waals surface area contributed by atoms with Crippen LogP contribution < -0.4 is 9.47 Å². The zero-order chi connectivity index (χ0) is 25.6. The highest BCUT2D eigenvalue weighted by Gasteiger charge is 2.29. The van der Waals surface area contributed by atoms with Crippen LogP contribution in [0.5, 0.6) is 17.4 Å². The van der Waals surface area contributed by atoms with Crippen molar-refractivity contribution in [2.24, 2.45) is 0 Å². The highest BCUT2D eigenvalue weighted by atomic mass is 32.1. The first-order chi connectivity index (χ1) is 18.2. The molecule has 3 heterocycles. The van der Waals surface area contributed by atoms with E-state index in [0.29, 0.717) is 41.8 Å². The number of methoxy groups -OCH3 is 1. The first-order valence-corrected chi connectivity index (χ1v) is 13.5. The number of aryl methyl sites for hydroxylation is 1. The Kier molecular flexibility index (Phi) is 7.87. The fourth-order valence-corrected chi connectivity index (χ4v) is 5.27. The SMILES string of the molecule is CCc1nn(-c2ccccc2)c(Oc2ccccc2OC)c1CN(CC1CCCO1)C(=O)c1cccs1. The number of aromatic nitrogens is 2. The van der Waals surface area contributed by atoms with Gasteiger partial charge in [-0.25, -0.2) is 4.68 Å². The average Bonchev–Trinajstić information content (AvgIpc) is 3.71. The summed E-state index contributed by atoms with van der Waals surface area (Å²) in [5, 5.41) is 6.87. The summed E-state index contributed by atoms with van der Waals surface area (Å²) in [6.45, 7) is 3.68. The van der Waals surface area contributed by atoms with Crippen LogP contribution in [0.1, 0.15) is 40.7 Å². The van der Waals surface area contributed by atoms with Gasteiger partial charge in [0, 0.05) is 13.2 Å². The van der Waals surface area contributed by atoms with Crippen LogP contribution in [0.25, 0.3) is 5.69 Å². The van der Waals surface area contributed by atoms with Crippen molar-refractivity contribution >= 4 is 17.2 Å². The molecule has 1 unspecified atom stereocenters. The van der Waals surface area contributed by atoms with E-state index in [0.717, 1.165) is 36.4 Å². The Morgan fingerprint density at radius 1 is 1.11 bits per heavy atom. The van der Waals surface area contributed by atoms with Crippen LogP contribution in [0, 0.1) is 0 Å². The zero-order valence-electron chi connectivity index (χ0n) is 21.1. The fourth-order valence-electron chi connectivity index (χ4n) is 4.58. The highest BCUT2D eigenvalue weighted by Crippen LogP contribution is 2.36. The van der Waals surface area contributed by atoms with Gasteiger partial charge in [0.1, 0.15) is 0 Å². The number of thiophene rings is 1. The minimum absolute atomic E-state index is 0.0109. The van der Waals surface area contributed by atoms with Gasteiger partial charge in [0.15, 0.2) is 11.5 Å². The molecule has 1 aliphatic heterocycles. The van der Waals surface area contributed by atoms with E-state index in [1.54, 1.807) is 7.11 Å². The second-order valence-corrected chi connectivity index (χ2v) is 9.83. The van der Waals surface area contributed by atoms with Crippen LogP contribution in [-0.2, 0) is 17.7 Å². The van der Waals surface area contributed by atoms with E-state index in [4.69, 9.17) is 19.3 Å². The summed E-state index contributed by atoms with van der Waals surface area (Å²) in [6, 6.07) is 21.2. The van der Waals surface area contributed by atoms with Gasteiger partial charge in [-0.15, -0.1) is 11.3 Å². The number of carbonyl (C=O) groups excluding carboxylic acids is 1. The Morgan fingerprint density at radius 3 is 2.57 bits per heavy atom. The maximum atomic E-state index is 13.6. The standard InChI is InChI=1S/C29H31N3O4S/c1-3-24-23(20-31(19-22-13-9-17-35-22)28(33)27-16-10-18-37-27)29(32(30-24)21-11-5-4-6-12-21)36-26-15-8-7-14-25(26)34-2/h4-8,10-12,14-16,18,22H,3,9,13,17,19-20H2,1-2H3. The highest BCUT2D eigenvalue weighted by molar-refractivity contribution is 7.12. The molecule has 0 bridgehead atoms. The molecule has 0 N–H and O–H groups in total. The van der Waals surface area contributed by atoms with Gasteiger partial charge in [0.25, 0.3) is 5.91 Å². The average molecular weight is 518 g/mol. The molecule has 1 amide bonds. The fraction of sp³-hybridized carbons (Fsp3) is 0.310. The quantitative estimate of drug-likeness (QED) is 0.254. The topological polar surface area (TPSA) is 65.8 Å². The molecule has 5 rings (SSSR count). The molecule has 2 aromatic carbocycles. The number of amides is 1. The maximum Gasteiger partial charge on any atom is 0.264 e. The van der Waals surface area contributed by atoms with E-state index in [1.807, 2.05) is 81.7 Å². The van der Waals surface area contributed by atoms with Crippen molar-refractivity contribution in [2.75, 3.05) is 20.3 Å². The number of benzene rings is 2. The maximum absolute atomic E-state index is 13.6. The lowest BCUT2D eigenvalue weighted by molar-refractivity contribution is 0.0509. The number of hydrogen-bond acceptors (Lipinski definition) is 6. The van der Waals surface area contributed by atoms with E-state index < -0.39 is 0 Å². The Bertz CT molecular complexity index is 1310. The van der Waals surface area contributed by atoms with Crippen LogP contribution >= 0.6 is 11.3 Å². The van der Waals surface area contributed by atoms with Gasteiger partial charge in [-0.05, 0) is 55.0 Å². The second-order valence-electron chi connectivity index (χ2n) is 8.88. The summed E-state index contributed by atoms with van der Waals surface area (Å²) in [6.07, 6.45) is 2.68. The molecule has 37 heavy (non-hydrogen) atoms. The van der Waals surface area contributed by atoms with E-state index in [-0.39, 0.29) is 12.0 Å². The molecule has 0 radical (unpaired) electrons. The third kappa shape index (κ3) is 5.55. The van der Waals surface area contributed by atoms with Crippen LogP contribution in [-0.4, -0.2) is 47.0 Å². The van der Waals surface area contributed by atoms with Crippen molar-refractivity contribution in [1.29, 1.82) is 0 Å². The molecule has 1 atom stereocenters. The Morgan fingerprint density at radius 2 is 1.89 bits per heavy atom. The summed E-state index contributed by atoms with van der Waals surface area (Å²) in [4.78, 5) is 16.2. The predicted octanol–water partition coefficient (Wildman–Crippen LogP) is 6.12. The molecule has 8 heteroatoms. The summed E-state index contributed by atoms with van der Waals surface area (Å²) in [5.41, 5.74) is 2.63. The van der Waals surface area contributed by atoms with E-state index >= 15 is 0 Å². The Hall–Kier alpha value is -3.62. The van der Waals surface area contributed by atoms with Gasteiger partial charge in [-0.1, -0.05) is 43.3 Å². The smallest absolute Gasteiger partial charge is 0.264 e. The number of carbonyl (C=O) groups is 1. The molecule has 192 valence electrons. The first-order valence-electron chi connectivity index (χ1n) is 12.6. The number of ether oxygens (including phenoxy) is 3. The van der Waals surface area contributed by atoms with Gasteiger partial charge in [0.2, 0.25) is 5.88 Å². The van der Waals surface area contributed by atoms with Crippen LogP contribution in [0.3, 0.4) is 0 Å². The summed E-state index contributed by atoms with van der Waals surface area (Å²) < 4.78 is 19.8. The van der Waals surface area contributed by atoms with Gasteiger partial charge in [-0.3, -0.25) is 4.79 Å². The minimum atomic E-state index is -0.0109. The van der Waals surface area contributed by atoms with Crippen molar-refractivity contribution in [1.82, 2.24) is 14.7 Å². The zero-order valence-corrected chi connectivity index (χ0v) is 21.9. The van der Waals surface area contributed by atoms with Gasteiger partial charge < -0.3 is 19.1 Å². The third-order valence-corrected chi connectivity index (χ3v) is 7.30. The van der Waals surface area contributed by atoms with Gasteiger partial charge >= 0.3 is 0 Å². The Labute approximate surface area is 221 Å². The number of rotatable bonds is 10. The van der Waals surface area contributed by atoms with Crippen molar-refractivity contribution in [3.05, 3.63) is 88.2 Å². The molecule has 1 saturated heterocycles. The first kappa shape index (κ1) is 25.0. The predicted molar refractivity (Wildman–Crippen MR) is 144 cm³/mol. The van der Waals surface area contributed by atoms with E-state index in [1.165, 1.54) is 11.3 Å². The van der Waals surface area contributed by atoms with Crippen LogP contribution in [0.4, 0.5) is 0 Å². The molecule has 1 aliphatic rings.